The van der Waals surface area contributed by atoms with Crippen LogP contribution in [-0.2, 0) is 0 Å². The largest absolute Gasteiger partial charge is 0.497 e. The zero-order valence-electron chi connectivity index (χ0n) is 11.4. The highest BCUT2D eigenvalue weighted by molar-refractivity contribution is 5.30. The van der Waals surface area contributed by atoms with Gasteiger partial charge in [0.05, 0.1) is 7.11 Å². The van der Waals surface area contributed by atoms with Crippen LogP contribution in [0.15, 0.2) is 24.3 Å². The molecule has 1 atom stereocenters. The number of nitrogens with zero attached hydrogens (tertiary/aromatic N) is 1. The maximum Gasteiger partial charge on any atom is 0.119 e. The summed E-state index contributed by atoms with van der Waals surface area (Å²) in [6.45, 7) is 5.31. The molecule has 0 aliphatic carbocycles. The molecule has 1 aromatic rings. The summed E-state index contributed by atoms with van der Waals surface area (Å²) in [7, 11) is 1.71. The highest BCUT2D eigenvalue weighted by Gasteiger charge is 2.23. The Morgan fingerprint density at radius 3 is 2.72 bits per heavy atom. The fraction of sp³-hybridized carbons (Fsp3) is 0.600. The lowest BCUT2D eigenvalue weighted by Crippen LogP contribution is -2.39. The van der Waals surface area contributed by atoms with Gasteiger partial charge in [-0.2, -0.15) is 0 Å². The molecular formula is C15H24N2O. The second kappa shape index (κ2) is 6.21. The summed E-state index contributed by atoms with van der Waals surface area (Å²) in [6, 6.07) is 8.61. The molecule has 3 heteroatoms. The fourth-order valence-electron chi connectivity index (χ4n) is 2.68. The highest BCUT2D eigenvalue weighted by Crippen LogP contribution is 2.27. The molecular weight excluding hydrogens is 224 g/mol. The van der Waals surface area contributed by atoms with E-state index >= 15 is 0 Å². The van der Waals surface area contributed by atoms with Crippen molar-refractivity contribution in [3.8, 4) is 5.75 Å². The van der Waals surface area contributed by atoms with E-state index in [-0.39, 0.29) is 0 Å². The van der Waals surface area contributed by atoms with E-state index in [1.54, 1.807) is 7.11 Å². The van der Waals surface area contributed by atoms with Gasteiger partial charge in [0.15, 0.2) is 0 Å². The Hall–Kier alpha value is -1.06. The van der Waals surface area contributed by atoms with Crippen LogP contribution in [0.3, 0.4) is 0 Å². The molecule has 0 radical (unpaired) electrons. The predicted octanol–water partition coefficient (Wildman–Crippen LogP) is 2.43. The van der Waals surface area contributed by atoms with E-state index in [2.05, 4.69) is 24.0 Å². The molecule has 3 nitrogen and oxygen atoms in total. The van der Waals surface area contributed by atoms with Crippen molar-refractivity contribution in [1.29, 1.82) is 0 Å². The molecule has 2 N–H and O–H groups in total. The Morgan fingerprint density at radius 1 is 1.39 bits per heavy atom. The zero-order chi connectivity index (χ0) is 13.0. The van der Waals surface area contributed by atoms with Gasteiger partial charge in [-0.25, -0.2) is 0 Å². The van der Waals surface area contributed by atoms with Crippen LogP contribution in [0, 0.1) is 5.92 Å². The number of likely N-dealkylation sites (tertiary alicyclic amines) is 1. The topological polar surface area (TPSA) is 38.5 Å². The number of nitrogens with two attached hydrogens (primary N) is 1. The maximum absolute atomic E-state index is 5.98. The lowest BCUT2D eigenvalue weighted by Gasteiger charge is -2.36. The molecule has 18 heavy (non-hydrogen) atoms. The van der Waals surface area contributed by atoms with Crippen LogP contribution in [0.5, 0.6) is 5.75 Å². The molecule has 1 aromatic carbocycles. The van der Waals surface area contributed by atoms with Crippen molar-refractivity contribution in [1.82, 2.24) is 4.90 Å². The fourth-order valence-corrected chi connectivity index (χ4v) is 2.68. The summed E-state index contributed by atoms with van der Waals surface area (Å²) < 4.78 is 5.29. The molecule has 1 aliphatic rings. The number of ether oxygens (including phenoxy) is 1. The number of benzene rings is 1. The van der Waals surface area contributed by atoms with Crippen LogP contribution >= 0.6 is 0 Å². The van der Waals surface area contributed by atoms with Crippen LogP contribution in [-0.4, -0.2) is 31.6 Å². The quantitative estimate of drug-likeness (QED) is 0.889. The third-order valence-corrected chi connectivity index (χ3v) is 3.96. The minimum absolute atomic E-state index is 0.326. The second-order valence-electron chi connectivity index (χ2n) is 5.25. The third kappa shape index (κ3) is 3.03. The Balaban J connectivity index is 2.11. The number of methoxy groups -OCH3 is 1. The summed E-state index contributed by atoms with van der Waals surface area (Å²) in [6.07, 6.45) is 2.56. The zero-order valence-corrected chi connectivity index (χ0v) is 11.4. The van der Waals surface area contributed by atoms with Crippen LogP contribution in [0.2, 0.25) is 0 Å². The molecule has 1 saturated heterocycles. The molecule has 1 heterocycles. The van der Waals surface area contributed by atoms with Crippen molar-refractivity contribution in [3.05, 3.63) is 29.8 Å². The summed E-state index contributed by atoms with van der Waals surface area (Å²) in [5.74, 6) is 1.77. The Labute approximate surface area is 110 Å². The molecule has 2 rings (SSSR count). The molecule has 100 valence electrons. The Kier molecular flexibility index (Phi) is 4.61. The smallest absolute Gasteiger partial charge is 0.119 e. The van der Waals surface area contributed by atoms with Crippen LogP contribution in [0.25, 0.3) is 0 Å². The highest BCUT2D eigenvalue weighted by atomic mass is 16.5. The molecule has 1 fully saturated rings. The predicted molar refractivity (Wildman–Crippen MR) is 74.8 cm³/mol. The summed E-state index contributed by atoms with van der Waals surface area (Å²) in [4.78, 5) is 2.51. The molecule has 0 bridgehead atoms. The normalized spacial score (nSPS) is 19.7. The van der Waals surface area contributed by atoms with Crippen molar-refractivity contribution in [2.45, 2.75) is 25.8 Å². The lowest BCUT2D eigenvalue weighted by molar-refractivity contribution is 0.141. The van der Waals surface area contributed by atoms with Crippen LogP contribution < -0.4 is 10.5 Å². The van der Waals surface area contributed by atoms with Crippen molar-refractivity contribution in [2.75, 3.05) is 26.7 Å². The number of hydrogen-bond donors (Lipinski definition) is 1. The number of rotatable bonds is 4. The first-order valence-electron chi connectivity index (χ1n) is 6.82. The first kappa shape index (κ1) is 13.4. The van der Waals surface area contributed by atoms with Gasteiger partial charge in [0.25, 0.3) is 0 Å². The van der Waals surface area contributed by atoms with Gasteiger partial charge in [0, 0.05) is 12.6 Å². The van der Waals surface area contributed by atoms with Crippen molar-refractivity contribution in [3.63, 3.8) is 0 Å². The average molecular weight is 248 g/mol. The van der Waals surface area contributed by atoms with Crippen LogP contribution in [0.4, 0.5) is 0 Å². The number of hydrogen-bond acceptors (Lipinski definition) is 3. The van der Waals surface area contributed by atoms with Gasteiger partial charge in [-0.05, 0) is 49.5 Å². The minimum atomic E-state index is 0.326. The van der Waals surface area contributed by atoms with Gasteiger partial charge in [-0.15, -0.1) is 0 Å². The van der Waals surface area contributed by atoms with Gasteiger partial charge in [0.2, 0.25) is 0 Å². The maximum atomic E-state index is 5.98. The molecule has 0 saturated carbocycles. The Morgan fingerprint density at radius 2 is 2.11 bits per heavy atom. The summed E-state index contributed by atoms with van der Waals surface area (Å²) in [5, 5.41) is 0. The van der Waals surface area contributed by atoms with E-state index in [1.807, 2.05) is 12.1 Å². The van der Waals surface area contributed by atoms with Gasteiger partial charge < -0.3 is 10.5 Å². The first-order chi connectivity index (χ1) is 8.74. The third-order valence-electron chi connectivity index (χ3n) is 3.96. The molecule has 0 amide bonds. The van der Waals surface area contributed by atoms with Gasteiger partial charge in [-0.1, -0.05) is 19.1 Å². The monoisotopic (exact) mass is 248 g/mol. The van der Waals surface area contributed by atoms with Crippen molar-refractivity contribution >= 4 is 0 Å². The standard InChI is InChI=1S/C15H24N2O/c1-12-6-8-17(9-7-12)15(11-16)13-4-3-5-14(10-13)18-2/h3-5,10,12,15H,6-9,11,16H2,1-2H3/t15-/m1/s1. The SMILES string of the molecule is COc1cccc([C@@H](CN)N2CCC(C)CC2)c1. The average Bonchev–Trinajstić information content (AvgIpc) is 2.42. The minimum Gasteiger partial charge on any atom is -0.497 e. The molecule has 0 aromatic heterocycles. The Bertz CT molecular complexity index is 373. The van der Waals surface area contributed by atoms with Crippen LogP contribution in [0.1, 0.15) is 31.4 Å². The summed E-state index contributed by atoms with van der Waals surface area (Å²) >= 11 is 0. The van der Waals surface area contributed by atoms with E-state index in [9.17, 15) is 0 Å². The van der Waals surface area contributed by atoms with Gasteiger partial charge in [-0.3, -0.25) is 4.90 Å². The van der Waals surface area contributed by atoms with E-state index in [0.29, 0.717) is 12.6 Å². The van der Waals surface area contributed by atoms with Crippen molar-refractivity contribution < 1.29 is 4.74 Å². The second-order valence-corrected chi connectivity index (χ2v) is 5.25. The molecule has 0 unspecified atom stereocenters. The van der Waals surface area contributed by atoms with E-state index in [0.717, 1.165) is 24.8 Å². The summed E-state index contributed by atoms with van der Waals surface area (Å²) in [5.41, 5.74) is 7.25. The molecule has 1 aliphatic heterocycles. The van der Waals surface area contributed by atoms with Gasteiger partial charge in [0.1, 0.15) is 5.75 Å². The lowest BCUT2D eigenvalue weighted by atomic mass is 9.96. The first-order valence-corrected chi connectivity index (χ1v) is 6.82. The van der Waals surface area contributed by atoms with E-state index < -0.39 is 0 Å². The number of piperidine rings is 1. The molecule has 0 spiro atoms. The van der Waals surface area contributed by atoms with Crippen molar-refractivity contribution in [2.24, 2.45) is 11.7 Å². The van der Waals surface area contributed by atoms with E-state index in [1.165, 1.54) is 18.4 Å². The van der Waals surface area contributed by atoms with Gasteiger partial charge >= 0.3 is 0 Å². The van der Waals surface area contributed by atoms with E-state index in [4.69, 9.17) is 10.5 Å².